The van der Waals surface area contributed by atoms with Gasteiger partial charge in [0, 0.05) is 13.1 Å². The summed E-state index contributed by atoms with van der Waals surface area (Å²) in [5, 5.41) is 2.72. The van der Waals surface area contributed by atoms with Crippen molar-refractivity contribution in [2.45, 2.75) is 25.1 Å². The van der Waals surface area contributed by atoms with E-state index in [-0.39, 0.29) is 18.5 Å². The van der Waals surface area contributed by atoms with Gasteiger partial charge in [-0.1, -0.05) is 12.1 Å². The molecule has 0 radical (unpaired) electrons. The van der Waals surface area contributed by atoms with E-state index in [2.05, 4.69) is 5.32 Å². The summed E-state index contributed by atoms with van der Waals surface area (Å²) in [4.78, 5) is 24.5. The van der Waals surface area contributed by atoms with Crippen LogP contribution in [0.4, 0.5) is 13.2 Å². The van der Waals surface area contributed by atoms with Gasteiger partial charge < -0.3 is 15.0 Å². The molecule has 0 aromatic heterocycles. The number of hydrogen-bond donors (Lipinski definition) is 1. The molecule has 2 amide bonds. The van der Waals surface area contributed by atoms with E-state index in [1.807, 2.05) is 0 Å². The van der Waals surface area contributed by atoms with E-state index in [1.54, 1.807) is 0 Å². The Morgan fingerprint density at radius 2 is 1.96 bits per heavy atom. The topological polar surface area (TPSA) is 58.6 Å². The van der Waals surface area contributed by atoms with Crippen LogP contribution in [0.1, 0.15) is 18.4 Å². The molecule has 0 heterocycles. The Morgan fingerprint density at radius 1 is 1.30 bits per heavy atom. The number of para-hydroxylation sites is 1. The minimum absolute atomic E-state index is 0.153. The van der Waals surface area contributed by atoms with E-state index < -0.39 is 30.0 Å². The van der Waals surface area contributed by atoms with Crippen LogP contribution in [0.3, 0.4) is 0 Å². The van der Waals surface area contributed by atoms with Crippen molar-refractivity contribution in [3.05, 3.63) is 29.8 Å². The van der Waals surface area contributed by atoms with Crippen molar-refractivity contribution in [1.82, 2.24) is 10.2 Å². The average molecular weight is 330 g/mol. The molecule has 5 nitrogen and oxygen atoms in total. The van der Waals surface area contributed by atoms with Crippen molar-refractivity contribution in [3.8, 4) is 5.75 Å². The molecule has 23 heavy (non-hydrogen) atoms. The molecule has 126 valence electrons. The zero-order valence-electron chi connectivity index (χ0n) is 12.5. The van der Waals surface area contributed by atoms with Crippen LogP contribution in [0.5, 0.6) is 5.75 Å². The highest BCUT2D eigenvalue weighted by molar-refractivity contribution is 5.85. The summed E-state index contributed by atoms with van der Waals surface area (Å²) in [6.07, 6.45) is -2.70. The van der Waals surface area contributed by atoms with Crippen LogP contribution in [-0.2, 0) is 15.8 Å². The molecule has 0 aliphatic heterocycles. The predicted molar refractivity (Wildman–Crippen MR) is 75.7 cm³/mol. The molecule has 1 saturated carbocycles. The van der Waals surface area contributed by atoms with Gasteiger partial charge in [0.2, 0.25) is 5.91 Å². The monoisotopic (exact) mass is 330 g/mol. The third-order valence-electron chi connectivity index (χ3n) is 3.29. The first kappa shape index (κ1) is 17.1. The number of carbonyl (C=O) groups excluding carboxylic acids is 2. The van der Waals surface area contributed by atoms with E-state index in [0.717, 1.165) is 29.9 Å². The Labute approximate surface area is 131 Å². The number of alkyl halides is 3. The molecule has 1 aromatic carbocycles. The molecule has 0 unspecified atom stereocenters. The Bertz CT molecular complexity index is 586. The van der Waals surface area contributed by atoms with Gasteiger partial charge in [0.25, 0.3) is 5.91 Å². The third kappa shape index (κ3) is 5.15. The van der Waals surface area contributed by atoms with Gasteiger partial charge in [-0.25, -0.2) is 0 Å². The molecule has 0 atom stereocenters. The van der Waals surface area contributed by atoms with Gasteiger partial charge in [0.05, 0.1) is 12.1 Å². The lowest BCUT2D eigenvalue weighted by Crippen LogP contribution is -2.41. The minimum atomic E-state index is -4.56. The van der Waals surface area contributed by atoms with E-state index in [4.69, 9.17) is 4.74 Å². The zero-order chi connectivity index (χ0) is 17.0. The largest absolute Gasteiger partial charge is 0.483 e. The summed E-state index contributed by atoms with van der Waals surface area (Å²) < 4.78 is 43.4. The quantitative estimate of drug-likeness (QED) is 0.866. The van der Waals surface area contributed by atoms with Crippen molar-refractivity contribution in [2.24, 2.45) is 0 Å². The van der Waals surface area contributed by atoms with Crippen LogP contribution in [0.15, 0.2) is 24.3 Å². The average Bonchev–Trinajstić information content (AvgIpc) is 3.27. The van der Waals surface area contributed by atoms with Crippen molar-refractivity contribution >= 4 is 11.8 Å². The molecular weight excluding hydrogens is 313 g/mol. The first-order chi connectivity index (χ1) is 10.8. The normalized spacial score (nSPS) is 14.3. The number of halogens is 3. The summed E-state index contributed by atoms with van der Waals surface area (Å²) in [5.41, 5.74) is -0.943. The number of amides is 2. The minimum Gasteiger partial charge on any atom is -0.483 e. The maximum atomic E-state index is 12.8. The number of benzene rings is 1. The van der Waals surface area contributed by atoms with Crippen molar-refractivity contribution < 1.29 is 27.5 Å². The maximum absolute atomic E-state index is 12.8. The molecule has 0 spiro atoms. The van der Waals surface area contributed by atoms with Crippen LogP contribution in [0.25, 0.3) is 0 Å². The summed E-state index contributed by atoms with van der Waals surface area (Å²) >= 11 is 0. The fourth-order valence-corrected chi connectivity index (χ4v) is 1.88. The van der Waals surface area contributed by atoms with Gasteiger partial charge in [-0.05, 0) is 25.0 Å². The highest BCUT2D eigenvalue weighted by Gasteiger charge is 2.34. The Balaban J connectivity index is 1.87. The van der Waals surface area contributed by atoms with Crippen LogP contribution in [0, 0.1) is 0 Å². The predicted octanol–water partition coefficient (Wildman–Crippen LogP) is 1.82. The number of ether oxygens (including phenoxy) is 1. The first-order valence-corrected chi connectivity index (χ1v) is 7.09. The summed E-state index contributed by atoms with van der Waals surface area (Å²) in [7, 11) is 1.40. The molecule has 1 N–H and O–H groups in total. The third-order valence-corrected chi connectivity index (χ3v) is 3.29. The maximum Gasteiger partial charge on any atom is 0.419 e. The molecule has 1 aliphatic carbocycles. The van der Waals surface area contributed by atoms with Crippen LogP contribution in [-0.4, -0.2) is 43.0 Å². The highest BCUT2D eigenvalue weighted by atomic mass is 19.4. The molecule has 1 aromatic rings. The van der Waals surface area contributed by atoms with E-state index in [0.29, 0.717) is 0 Å². The standard InChI is InChI=1S/C15H17F3N2O3/c1-20(8-13(21)19-10-6-7-10)14(22)9-23-12-5-3-2-4-11(12)15(16,17)18/h2-5,10H,6-9H2,1H3,(H,19,21). The SMILES string of the molecule is CN(CC(=O)NC1CC1)C(=O)COc1ccccc1C(F)(F)F. The van der Waals surface area contributed by atoms with Gasteiger partial charge in [-0.2, -0.15) is 13.2 Å². The molecule has 2 rings (SSSR count). The van der Waals surface area contributed by atoms with Gasteiger partial charge >= 0.3 is 6.18 Å². The smallest absolute Gasteiger partial charge is 0.419 e. The van der Waals surface area contributed by atoms with E-state index in [9.17, 15) is 22.8 Å². The van der Waals surface area contributed by atoms with E-state index in [1.165, 1.54) is 19.2 Å². The highest BCUT2D eigenvalue weighted by Crippen LogP contribution is 2.35. The van der Waals surface area contributed by atoms with Gasteiger partial charge in [-0.3, -0.25) is 9.59 Å². The summed E-state index contributed by atoms with van der Waals surface area (Å²) in [6, 6.07) is 4.84. The lowest BCUT2D eigenvalue weighted by atomic mass is 10.2. The zero-order valence-corrected chi connectivity index (χ0v) is 12.5. The molecule has 1 aliphatic rings. The number of rotatable bonds is 6. The van der Waals surface area contributed by atoms with Crippen LogP contribution >= 0.6 is 0 Å². The van der Waals surface area contributed by atoms with Gasteiger partial charge in [0.1, 0.15) is 5.75 Å². The van der Waals surface area contributed by atoms with Crippen molar-refractivity contribution in [3.63, 3.8) is 0 Å². The number of likely N-dealkylation sites (N-methyl/N-ethyl adjacent to an activating group) is 1. The molecule has 8 heteroatoms. The van der Waals surface area contributed by atoms with E-state index >= 15 is 0 Å². The Kier molecular flexibility index (Phi) is 5.12. The lowest BCUT2D eigenvalue weighted by molar-refractivity contribution is -0.141. The molecule has 0 saturated heterocycles. The fourth-order valence-electron chi connectivity index (χ4n) is 1.88. The fraction of sp³-hybridized carbons (Fsp3) is 0.467. The second-order valence-electron chi connectivity index (χ2n) is 5.37. The second kappa shape index (κ2) is 6.89. The van der Waals surface area contributed by atoms with Crippen LogP contribution < -0.4 is 10.1 Å². The summed E-state index contributed by atoms with van der Waals surface area (Å²) in [5.74, 6) is -1.28. The Morgan fingerprint density at radius 3 is 2.57 bits per heavy atom. The number of nitrogens with zero attached hydrogens (tertiary/aromatic N) is 1. The van der Waals surface area contributed by atoms with Gasteiger partial charge in [0.15, 0.2) is 6.61 Å². The van der Waals surface area contributed by atoms with Crippen LogP contribution in [0.2, 0.25) is 0 Å². The lowest BCUT2D eigenvalue weighted by Gasteiger charge is -2.18. The molecular formula is C15H17F3N2O3. The second-order valence-corrected chi connectivity index (χ2v) is 5.37. The number of hydrogen-bond acceptors (Lipinski definition) is 3. The number of carbonyl (C=O) groups is 2. The van der Waals surface area contributed by atoms with Gasteiger partial charge in [-0.15, -0.1) is 0 Å². The Hall–Kier alpha value is -2.25. The number of nitrogens with one attached hydrogen (secondary N) is 1. The first-order valence-electron chi connectivity index (χ1n) is 7.09. The summed E-state index contributed by atoms with van der Waals surface area (Å²) in [6.45, 7) is -0.722. The molecule has 0 bridgehead atoms. The van der Waals surface area contributed by atoms with Crippen molar-refractivity contribution in [2.75, 3.05) is 20.2 Å². The molecule has 1 fully saturated rings. The van der Waals surface area contributed by atoms with Crippen molar-refractivity contribution in [1.29, 1.82) is 0 Å².